The molecule has 0 radical (unpaired) electrons. The van der Waals surface area contributed by atoms with Crippen LogP contribution in [0.5, 0.6) is 0 Å². The van der Waals surface area contributed by atoms with Crippen LogP contribution < -0.4 is 4.90 Å². The van der Waals surface area contributed by atoms with E-state index < -0.39 is 0 Å². The molecule has 1 aliphatic rings. The minimum absolute atomic E-state index is 0.0778. The molecule has 3 aromatic rings. The second-order valence-corrected chi connectivity index (χ2v) is 8.32. The van der Waals surface area contributed by atoms with Crippen molar-refractivity contribution >= 4 is 34.5 Å². The molecular formula is C19H20ClN5OS. The number of thiophene rings is 1. The van der Waals surface area contributed by atoms with E-state index in [1.165, 1.54) is 30.6 Å². The van der Waals surface area contributed by atoms with E-state index in [4.69, 9.17) is 11.6 Å². The molecule has 1 saturated heterocycles. The summed E-state index contributed by atoms with van der Waals surface area (Å²) in [5, 5.41) is 8.34. The number of Topliss-reactive ketones (excluding diaryl/α,β-unsaturated/α-hetero) is 1. The van der Waals surface area contributed by atoms with Crippen molar-refractivity contribution in [3.63, 3.8) is 0 Å². The lowest BCUT2D eigenvalue weighted by Crippen LogP contribution is -2.30. The van der Waals surface area contributed by atoms with E-state index in [0.29, 0.717) is 22.1 Å². The van der Waals surface area contributed by atoms with Gasteiger partial charge in [0.05, 0.1) is 33.0 Å². The van der Waals surface area contributed by atoms with Crippen LogP contribution >= 0.6 is 22.9 Å². The van der Waals surface area contributed by atoms with Crippen LogP contribution in [0.25, 0.3) is 5.69 Å². The lowest BCUT2D eigenvalue weighted by atomic mass is 10.1. The van der Waals surface area contributed by atoms with Gasteiger partial charge in [-0.25, -0.2) is 9.67 Å². The number of aromatic nitrogens is 4. The molecule has 1 fully saturated rings. The van der Waals surface area contributed by atoms with Gasteiger partial charge < -0.3 is 4.90 Å². The fraction of sp³-hybridized carbons (Fsp3) is 0.368. The van der Waals surface area contributed by atoms with Crippen LogP contribution in [-0.2, 0) is 6.42 Å². The van der Waals surface area contributed by atoms with Crippen molar-refractivity contribution in [2.24, 2.45) is 0 Å². The molecule has 0 spiro atoms. The van der Waals surface area contributed by atoms with E-state index in [2.05, 4.69) is 20.2 Å². The minimum atomic E-state index is 0.0778. The Morgan fingerprint density at radius 1 is 1.15 bits per heavy atom. The Kier molecular flexibility index (Phi) is 5.50. The Labute approximate surface area is 166 Å². The number of carbonyl (C=O) groups excluding carboxylic acids is 1. The highest BCUT2D eigenvalue weighted by Crippen LogP contribution is 2.23. The van der Waals surface area contributed by atoms with Gasteiger partial charge in [0, 0.05) is 25.9 Å². The maximum Gasteiger partial charge on any atom is 0.173 e. The second-order valence-electron chi connectivity index (χ2n) is 6.60. The van der Waals surface area contributed by atoms with Gasteiger partial charge in [-0.15, -0.1) is 16.4 Å². The number of aryl methyl sites for hydroxylation is 1. The Bertz CT molecular complexity index is 914. The van der Waals surface area contributed by atoms with E-state index >= 15 is 0 Å². The third kappa shape index (κ3) is 4.36. The van der Waals surface area contributed by atoms with E-state index in [-0.39, 0.29) is 5.78 Å². The van der Waals surface area contributed by atoms with Gasteiger partial charge in [-0.05, 0) is 43.5 Å². The van der Waals surface area contributed by atoms with Gasteiger partial charge in [-0.3, -0.25) is 4.79 Å². The molecule has 8 heteroatoms. The van der Waals surface area contributed by atoms with Crippen LogP contribution in [0.2, 0.25) is 4.34 Å². The van der Waals surface area contributed by atoms with Crippen LogP contribution in [0.15, 0.2) is 36.7 Å². The lowest BCUT2D eigenvalue weighted by molar-refractivity contribution is 0.0986. The largest absolute Gasteiger partial charge is 0.357 e. The van der Waals surface area contributed by atoms with Crippen molar-refractivity contribution in [1.82, 2.24) is 20.0 Å². The van der Waals surface area contributed by atoms with Crippen LogP contribution in [0, 0.1) is 0 Å². The zero-order valence-corrected chi connectivity index (χ0v) is 16.4. The average Bonchev–Trinajstić information content (AvgIpc) is 3.36. The van der Waals surface area contributed by atoms with Crippen molar-refractivity contribution in [1.29, 1.82) is 0 Å². The van der Waals surface area contributed by atoms with Crippen molar-refractivity contribution in [3.8, 4) is 5.69 Å². The number of hydrogen-bond acceptors (Lipinski definition) is 6. The third-order valence-electron chi connectivity index (χ3n) is 4.67. The third-order valence-corrected chi connectivity index (χ3v) is 5.95. The Morgan fingerprint density at radius 2 is 2.00 bits per heavy atom. The Hall–Kier alpha value is -2.25. The molecule has 0 saturated carbocycles. The number of carbonyl (C=O) groups is 1. The molecule has 0 unspecified atom stereocenters. The van der Waals surface area contributed by atoms with Gasteiger partial charge >= 0.3 is 0 Å². The number of anilines is 1. The minimum Gasteiger partial charge on any atom is -0.357 e. The summed E-state index contributed by atoms with van der Waals surface area (Å²) in [6.07, 6.45) is 8.37. The summed E-state index contributed by atoms with van der Waals surface area (Å²) in [7, 11) is 0. The number of rotatable bonds is 6. The van der Waals surface area contributed by atoms with Crippen LogP contribution in [0.1, 0.15) is 41.0 Å². The van der Waals surface area contributed by atoms with Gasteiger partial charge in [-0.1, -0.05) is 16.8 Å². The standard InChI is InChI=1S/C19H20ClN5OS/c20-18-8-7-17(27-18)16(26)6-4-14-13-25(23-22-14)15-5-9-19(21-12-15)24-10-2-1-3-11-24/h5,7-9,12-13H,1-4,6,10-11H2. The number of hydrogen-bond donors (Lipinski definition) is 0. The lowest BCUT2D eigenvalue weighted by Gasteiger charge is -2.27. The first-order valence-corrected chi connectivity index (χ1v) is 10.3. The predicted octanol–water partition coefficient (Wildman–Crippen LogP) is 4.18. The zero-order valence-electron chi connectivity index (χ0n) is 14.8. The number of piperidine rings is 1. The molecular weight excluding hydrogens is 382 g/mol. The zero-order chi connectivity index (χ0) is 18.6. The van der Waals surface area contributed by atoms with Crippen LogP contribution in [0.3, 0.4) is 0 Å². The summed E-state index contributed by atoms with van der Waals surface area (Å²) >= 11 is 7.19. The monoisotopic (exact) mass is 401 g/mol. The van der Waals surface area contributed by atoms with E-state index in [1.807, 2.05) is 24.5 Å². The molecule has 140 valence electrons. The fourth-order valence-electron chi connectivity index (χ4n) is 3.19. The first-order valence-electron chi connectivity index (χ1n) is 9.10. The molecule has 0 aromatic carbocycles. The van der Waals surface area contributed by atoms with E-state index in [9.17, 15) is 4.79 Å². The predicted molar refractivity (Wildman–Crippen MR) is 107 cm³/mol. The highest BCUT2D eigenvalue weighted by atomic mass is 35.5. The van der Waals surface area contributed by atoms with Crippen molar-refractivity contribution in [2.75, 3.05) is 18.0 Å². The second kappa shape index (κ2) is 8.19. The molecule has 0 atom stereocenters. The summed E-state index contributed by atoms with van der Waals surface area (Å²) in [6, 6.07) is 7.55. The molecule has 4 rings (SSSR count). The number of nitrogens with zero attached hydrogens (tertiary/aromatic N) is 5. The van der Waals surface area contributed by atoms with Gasteiger partial charge in [0.15, 0.2) is 5.78 Å². The quantitative estimate of drug-likeness (QED) is 0.579. The van der Waals surface area contributed by atoms with Crippen molar-refractivity contribution in [2.45, 2.75) is 32.1 Å². The number of pyridine rings is 1. The van der Waals surface area contributed by atoms with Gasteiger partial charge in [0.2, 0.25) is 0 Å². The molecule has 0 aliphatic carbocycles. The normalized spacial score (nSPS) is 14.5. The molecule has 4 heterocycles. The van der Waals surface area contributed by atoms with Crippen molar-refractivity contribution < 1.29 is 4.79 Å². The highest BCUT2D eigenvalue weighted by molar-refractivity contribution is 7.18. The summed E-state index contributed by atoms with van der Waals surface area (Å²) in [5.74, 6) is 1.09. The maximum absolute atomic E-state index is 12.2. The van der Waals surface area contributed by atoms with Gasteiger partial charge in [0.1, 0.15) is 5.82 Å². The van der Waals surface area contributed by atoms with Crippen LogP contribution in [0.4, 0.5) is 5.82 Å². The first-order chi connectivity index (χ1) is 13.2. The fourth-order valence-corrected chi connectivity index (χ4v) is 4.20. The molecule has 1 aliphatic heterocycles. The smallest absolute Gasteiger partial charge is 0.173 e. The summed E-state index contributed by atoms with van der Waals surface area (Å²) < 4.78 is 2.33. The molecule has 0 amide bonds. The summed E-state index contributed by atoms with van der Waals surface area (Å²) in [5.41, 5.74) is 1.65. The molecule has 3 aromatic heterocycles. The number of ketones is 1. The van der Waals surface area contributed by atoms with Crippen LogP contribution in [-0.4, -0.2) is 38.9 Å². The highest BCUT2D eigenvalue weighted by Gasteiger charge is 2.13. The molecule has 0 bridgehead atoms. The topological polar surface area (TPSA) is 63.9 Å². The molecule has 0 N–H and O–H groups in total. The van der Waals surface area contributed by atoms with Gasteiger partial charge in [-0.2, -0.15) is 0 Å². The van der Waals surface area contributed by atoms with E-state index in [0.717, 1.165) is 30.3 Å². The van der Waals surface area contributed by atoms with E-state index in [1.54, 1.807) is 16.8 Å². The first kappa shape index (κ1) is 18.1. The maximum atomic E-state index is 12.2. The number of halogens is 1. The Balaban J connectivity index is 1.37. The molecule has 6 nitrogen and oxygen atoms in total. The summed E-state index contributed by atoms with van der Waals surface area (Å²) in [4.78, 5) is 19.8. The summed E-state index contributed by atoms with van der Waals surface area (Å²) in [6.45, 7) is 2.15. The van der Waals surface area contributed by atoms with Crippen molar-refractivity contribution in [3.05, 3.63) is 51.6 Å². The Morgan fingerprint density at radius 3 is 2.70 bits per heavy atom. The molecule has 27 heavy (non-hydrogen) atoms. The van der Waals surface area contributed by atoms with Gasteiger partial charge in [0.25, 0.3) is 0 Å². The SMILES string of the molecule is O=C(CCc1cn(-c2ccc(N3CCCCC3)nc2)nn1)c1ccc(Cl)s1. The average molecular weight is 402 g/mol.